The van der Waals surface area contributed by atoms with Crippen molar-refractivity contribution in [3.63, 3.8) is 0 Å². The zero-order valence-corrected chi connectivity index (χ0v) is 13.0. The topological polar surface area (TPSA) is 77.3 Å². The predicted molar refractivity (Wildman–Crippen MR) is 92.6 cm³/mol. The molecule has 0 aliphatic heterocycles. The van der Waals surface area contributed by atoms with Crippen LogP contribution in [-0.2, 0) is 0 Å². The molecule has 0 atom stereocenters. The van der Waals surface area contributed by atoms with Crippen molar-refractivity contribution in [2.24, 2.45) is 0 Å². The molecule has 0 aliphatic carbocycles. The molecule has 1 aromatic heterocycles. The van der Waals surface area contributed by atoms with Gasteiger partial charge in [0.05, 0.1) is 12.0 Å². The third-order valence-electron chi connectivity index (χ3n) is 3.52. The van der Waals surface area contributed by atoms with Crippen LogP contribution in [0.25, 0.3) is 11.1 Å². The molecular weight excluding hydrogens is 306 g/mol. The van der Waals surface area contributed by atoms with Gasteiger partial charge in [0.15, 0.2) is 5.75 Å². The number of benzene rings is 2. The Morgan fingerprint density at radius 3 is 2.50 bits per heavy atom. The van der Waals surface area contributed by atoms with Gasteiger partial charge in [-0.15, -0.1) is 0 Å². The van der Waals surface area contributed by atoms with Crippen LogP contribution in [0.1, 0.15) is 0 Å². The van der Waals surface area contributed by atoms with E-state index >= 15 is 0 Å². The Labute approximate surface area is 138 Å². The van der Waals surface area contributed by atoms with Crippen molar-refractivity contribution in [1.82, 2.24) is 4.98 Å². The summed E-state index contributed by atoms with van der Waals surface area (Å²) in [6, 6.07) is 18.2. The number of pyridine rings is 1. The van der Waals surface area contributed by atoms with Crippen molar-refractivity contribution in [1.29, 1.82) is 0 Å². The normalized spacial score (nSPS) is 10.2. The molecule has 120 valence electrons. The van der Waals surface area contributed by atoms with E-state index in [0.29, 0.717) is 5.82 Å². The predicted octanol–water partition coefficient (Wildman–Crippen LogP) is 4.41. The Balaban J connectivity index is 1.94. The second-order valence-corrected chi connectivity index (χ2v) is 5.06. The molecule has 3 rings (SSSR count). The van der Waals surface area contributed by atoms with Gasteiger partial charge >= 0.3 is 5.69 Å². The lowest BCUT2D eigenvalue weighted by molar-refractivity contribution is -0.385. The number of methoxy groups -OCH3 is 1. The number of ether oxygens (including phenoxy) is 1. The summed E-state index contributed by atoms with van der Waals surface area (Å²) in [4.78, 5) is 15.0. The van der Waals surface area contributed by atoms with E-state index in [4.69, 9.17) is 4.74 Å². The number of nitrogens with one attached hydrogen (secondary N) is 1. The first-order valence-corrected chi connectivity index (χ1v) is 7.28. The number of hydrogen-bond donors (Lipinski definition) is 1. The van der Waals surface area contributed by atoms with Crippen molar-refractivity contribution >= 4 is 17.2 Å². The van der Waals surface area contributed by atoms with E-state index < -0.39 is 4.92 Å². The van der Waals surface area contributed by atoms with E-state index in [1.807, 2.05) is 42.5 Å². The molecule has 3 aromatic rings. The third kappa shape index (κ3) is 3.33. The fraction of sp³-hybridized carbons (Fsp3) is 0.0556. The number of nitro benzene ring substituents is 1. The van der Waals surface area contributed by atoms with Crippen LogP contribution in [0.3, 0.4) is 0 Å². The molecule has 24 heavy (non-hydrogen) atoms. The van der Waals surface area contributed by atoms with Crippen molar-refractivity contribution in [2.45, 2.75) is 0 Å². The molecule has 0 radical (unpaired) electrons. The molecule has 0 spiro atoms. The van der Waals surface area contributed by atoms with Crippen LogP contribution in [0.4, 0.5) is 17.2 Å². The van der Waals surface area contributed by atoms with E-state index in [1.54, 1.807) is 18.3 Å². The minimum absolute atomic E-state index is 0.0654. The Hall–Kier alpha value is -3.41. The monoisotopic (exact) mass is 321 g/mol. The van der Waals surface area contributed by atoms with Crippen molar-refractivity contribution in [3.8, 4) is 16.9 Å². The molecule has 1 heterocycles. The maximum Gasteiger partial charge on any atom is 0.311 e. The smallest absolute Gasteiger partial charge is 0.311 e. The summed E-state index contributed by atoms with van der Waals surface area (Å²) in [6.07, 6.45) is 1.66. The van der Waals surface area contributed by atoms with Gasteiger partial charge < -0.3 is 10.1 Å². The van der Waals surface area contributed by atoms with Crippen molar-refractivity contribution in [2.75, 3.05) is 12.4 Å². The first-order valence-electron chi connectivity index (χ1n) is 7.28. The molecule has 1 N–H and O–H groups in total. The minimum atomic E-state index is -0.452. The average molecular weight is 321 g/mol. The van der Waals surface area contributed by atoms with Crippen LogP contribution in [0.15, 0.2) is 66.9 Å². The number of nitrogens with zero attached hydrogens (tertiary/aromatic N) is 2. The third-order valence-corrected chi connectivity index (χ3v) is 3.52. The van der Waals surface area contributed by atoms with Gasteiger partial charge in [0.1, 0.15) is 5.82 Å². The molecule has 0 saturated carbocycles. The number of aromatic nitrogens is 1. The summed E-state index contributed by atoms with van der Waals surface area (Å²) in [5.41, 5.74) is 2.41. The lowest BCUT2D eigenvalue weighted by atomic mass is 10.1. The zero-order valence-electron chi connectivity index (χ0n) is 13.0. The molecule has 0 aliphatic rings. The summed E-state index contributed by atoms with van der Waals surface area (Å²) in [7, 11) is 1.41. The number of para-hydroxylation sites is 1. The van der Waals surface area contributed by atoms with Crippen molar-refractivity contribution in [3.05, 3.63) is 77.0 Å². The highest BCUT2D eigenvalue weighted by atomic mass is 16.6. The molecule has 0 bridgehead atoms. The fourth-order valence-corrected chi connectivity index (χ4v) is 2.36. The first kappa shape index (κ1) is 15.5. The number of nitro groups is 1. The van der Waals surface area contributed by atoms with Crippen LogP contribution in [0.2, 0.25) is 0 Å². The van der Waals surface area contributed by atoms with Gasteiger partial charge in [-0.3, -0.25) is 10.1 Å². The van der Waals surface area contributed by atoms with Crippen LogP contribution >= 0.6 is 0 Å². The highest BCUT2D eigenvalue weighted by Gasteiger charge is 2.16. The van der Waals surface area contributed by atoms with E-state index in [2.05, 4.69) is 10.3 Å². The Morgan fingerprint density at radius 1 is 1.04 bits per heavy atom. The second kappa shape index (κ2) is 6.78. The molecule has 0 fully saturated rings. The Morgan fingerprint density at radius 2 is 1.79 bits per heavy atom. The molecule has 0 unspecified atom stereocenters. The van der Waals surface area contributed by atoms with Crippen LogP contribution in [-0.4, -0.2) is 17.0 Å². The molecule has 0 saturated heterocycles. The summed E-state index contributed by atoms with van der Waals surface area (Å²) in [5.74, 6) is 0.901. The molecule has 0 amide bonds. The zero-order chi connectivity index (χ0) is 16.9. The number of hydrogen-bond acceptors (Lipinski definition) is 5. The fourth-order valence-electron chi connectivity index (χ4n) is 2.36. The molecule has 6 nitrogen and oxygen atoms in total. The SMILES string of the molecule is COc1ccc(-c2ccnc(Nc3ccccc3)c2)cc1[N+](=O)[O-]. The van der Waals surface area contributed by atoms with Crippen LogP contribution < -0.4 is 10.1 Å². The standard InChI is InChI=1S/C18H15N3O3/c1-24-17-8-7-13(11-16(17)21(22)23)14-9-10-19-18(12-14)20-15-5-3-2-4-6-15/h2-12H,1H3,(H,19,20). The first-order chi connectivity index (χ1) is 11.7. The van der Waals surface area contributed by atoms with Gasteiger partial charge in [-0.2, -0.15) is 0 Å². The lowest BCUT2D eigenvalue weighted by Gasteiger charge is -2.08. The van der Waals surface area contributed by atoms with Crippen LogP contribution in [0, 0.1) is 10.1 Å². The summed E-state index contributed by atoms with van der Waals surface area (Å²) in [6.45, 7) is 0. The quantitative estimate of drug-likeness (QED) is 0.556. The van der Waals surface area contributed by atoms with Gasteiger partial charge in [0, 0.05) is 18.0 Å². The maximum absolute atomic E-state index is 11.2. The van der Waals surface area contributed by atoms with E-state index in [-0.39, 0.29) is 11.4 Å². The summed E-state index contributed by atoms with van der Waals surface area (Å²) in [5, 5.41) is 14.4. The summed E-state index contributed by atoms with van der Waals surface area (Å²) < 4.78 is 5.03. The maximum atomic E-state index is 11.2. The molecule has 2 aromatic carbocycles. The van der Waals surface area contributed by atoms with E-state index in [0.717, 1.165) is 16.8 Å². The molecule has 6 heteroatoms. The second-order valence-electron chi connectivity index (χ2n) is 5.06. The van der Waals surface area contributed by atoms with Gasteiger partial charge in [-0.1, -0.05) is 24.3 Å². The van der Waals surface area contributed by atoms with E-state index in [1.165, 1.54) is 13.2 Å². The van der Waals surface area contributed by atoms with Gasteiger partial charge in [0.2, 0.25) is 0 Å². The number of anilines is 2. The Bertz CT molecular complexity index is 866. The number of rotatable bonds is 5. The van der Waals surface area contributed by atoms with E-state index in [9.17, 15) is 10.1 Å². The van der Waals surface area contributed by atoms with Gasteiger partial charge in [-0.05, 0) is 41.5 Å². The van der Waals surface area contributed by atoms with Gasteiger partial charge in [0.25, 0.3) is 0 Å². The Kier molecular flexibility index (Phi) is 4.38. The van der Waals surface area contributed by atoms with Crippen molar-refractivity contribution < 1.29 is 9.66 Å². The molecular formula is C18H15N3O3. The largest absolute Gasteiger partial charge is 0.490 e. The highest BCUT2D eigenvalue weighted by Crippen LogP contribution is 2.32. The van der Waals surface area contributed by atoms with Gasteiger partial charge in [-0.25, -0.2) is 4.98 Å². The highest BCUT2D eigenvalue weighted by molar-refractivity contribution is 5.72. The minimum Gasteiger partial charge on any atom is -0.490 e. The average Bonchev–Trinajstić information content (AvgIpc) is 2.62. The summed E-state index contributed by atoms with van der Waals surface area (Å²) >= 11 is 0. The lowest BCUT2D eigenvalue weighted by Crippen LogP contribution is -1.95. The van der Waals surface area contributed by atoms with Crippen LogP contribution in [0.5, 0.6) is 5.75 Å².